The first-order valence-electron chi connectivity index (χ1n) is 7.50. The minimum Gasteiger partial charge on any atom is -0.316 e. The van der Waals surface area contributed by atoms with Crippen LogP contribution in [0, 0.1) is 12.3 Å². The second-order valence-electron chi connectivity index (χ2n) is 5.72. The Morgan fingerprint density at radius 3 is 2.80 bits per heavy atom. The van der Waals surface area contributed by atoms with Crippen molar-refractivity contribution < 1.29 is 4.79 Å². The molecule has 1 fully saturated rings. The molecular weight excluding hydrogens is 318 g/mol. The summed E-state index contributed by atoms with van der Waals surface area (Å²) in [5.74, 6) is 0.361. The molecule has 0 amide bonds. The SMILES string of the molecule is CCCC1(C(=O)Cc2c(Br)c(C)nn2CC)CCNC1. The Balaban J connectivity index is 2.22. The molecule has 1 saturated heterocycles. The van der Waals surface area contributed by atoms with E-state index >= 15 is 0 Å². The third-order valence-corrected chi connectivity index (χ3v) is 5.38. The third kappa shape index (κ3) is 2.84. The molecule has 1 aliphatic heterocycles. The molecule has 1 aliphatic rings. The largest absolute Gasteiger partial charge is 0.316 e. The Morgan fingerprint density at radius 2 is 2.25 bits per heavy atom. The lowest BCUT2D eigenvalue weighted by molar-refractivity contribution is -0.127. The van der Waals surface area contributed by atoms with Gasteiger partial charge >= 0.3 is 0 Å². The molecule has 1 aromatic heterocycles. The van der Waals surface area contributed by atoms with Crippen LogP contribution >= 0.6 is 15.9 Å². The van der Waals surface area contributed by atoms with Gasteiger partial charge < -0.3 is 5.32 Å². The monoisotopic (exact) mass is 341 g/mol. The lowest BCUT2D eigenvalue weighted by Crippen LogP contribution is -2.35. The van der Waals surface area contributed by atoms with E-state index < -0.39 is 0 Å². The van der Waals surface area contributed by atoms with E-state index in [9.17, 15) is 4.79 Å². The van der Waals surface area contributed by atoms with Gasteiger partial charge in [-0.15, -0.1) is 0 Å². The molecule has 0 spiro atoms. The molecule has 0 radical (unpaired) electrons. The summed E-state index contributed by atoms with van der Waals surface area (Å²) in [6.07, 6.45) is 3.49. The van der Waals surface area contributed by atoms with Crippen LogP contribution in [0.3, 0.4) is 0 Å². The Morgan fingerprint density at radius 1 is 1.50 bits per heavy atom. The van der Waals surface area contributed by atoms with E-state index in [0.29, 0.717) is 12.2 Å². The minimum atomic E-state index is -0.162. The average molecular weight is 342 g/mol. The zero-order valence-electron chi connectivity index (χ0n) is 12.6. The fourth-order valence-corrected chi connectivity index (χ4v) is 3.61. The van der Waals surface area contributed by atoms with Gasteiger partial charge in [-0.2, -0.15) is 5.10 Å². The average Bonchev–Trinajstić information content (AvgIpc) is 3.00. The van der Waals surface area contributed by atoms with Crippen LogP contribution in [0.15, 0.2) is 4.47 Å². The summed E-state index contributed by atoms with van der Waals surface area (Å²) >= 11 is 3.58. The van der Waals surface area contributed by atoms with Crippen LogP contribution in [0.2, 0.25) is 0 Å². The van der Waals surface area contributed by atoms with Crippen molar-refractivity contribution in [2.75, 3.05) is 13.1 Å². The lowest BCUT2D eigenvalue weighted by Gasteiger charge is -2.26. The van der Waals surface area contributed by atoms with Gasteiger partial charge in [0.1, 0.15) is 5.78 Å². The van der Waals surface area contributed by atoms with Gasteiger partial charge in [-0.05, 0) is 49.2 Å². The van der Waals surface area contributed by atoms with E-state index in [4.69, 9.17) is 0 Å². The zero-order chi connectivity index (χ0) is 14.8. The molecule has 1 atom stereocenters. The zero-order valence-corrected chi connectivity index (χ0v) is 14.2. The van der Waals surface area contributed by atoms with Gasteiger partial charge in [-0.3, -0.25) is 9.48 Å². The number of hydrogen-bond donors (Lipinski definition) is 1. The second kappa shape index (κ2) is 6.39. The second-order valence-corrected chi connectivity index (χ2v) is 6.51. The van der Waals surface area contributed by atoms with Crippen molar-refractivity contribution >= 4 is 21.7 Å². The molecule has 4 nitrogen and oxygen atoms in total. The molecule has 2 rings (SSSR count). The van der Waals surface area contributed by atoms with Gasteiger partial charge in [-0.25, -0.2) is 0 Å². The van der Waals surface area contributed by atoms with Crippen LogP contribution in [-0.4, -0.2) is 28.7 Å². The number of nitrogens with one attached hydrogen (secondary N) is 1. The number of nitrogens with zero attached hydrogens (tertiary/aromatic N) is 2. The first kappa shape index (κ1) is 15.7. The lowest BCUT2D eigenvalue weighted by atomic mass is 9.77. The number of aryl methyl sites for hydroxylation is 2. The van der Waals surface area contributed by atoms with E-state index in [1.165, 1.54) is 0 Å². The summed E-state index contributed by atoms with van der Waals surface area (Å²) in [6, 6.07) is 0. The van der Waals surface area contributed by atoms with Crippen LogP contribution in [-0.2, 0) is 17.8 Å². The van der Waals surface area contributed by atoms with Crippen molar-refractivity contribution in [3.05, 3.63) is 15.9 Å². The summed E-state index contributed by atoms with van der Waals surface area (Å²) in [5, 5.41) is 7.84. The van der Waals surface area contributed by atoms with Crippen LogP contribution < -0.4 is 5.32 Å². The van der Waals surface area contributed by atoms with Crippen LogP contribution in [0.4, 0.5) is 0 Å². The Kier molecular flexibility index (Phi) is 5.02. The standard InChI is InChI=1S/C15H24BrN3O/c1-4-6-15(7-8-17-10-15)13(20)9-12-14(16)11(3)18-19(12)5-2/h17H,4-10H2,1-3H3. The smallest absolute Gasteiger partial charge is 0.146 e. The van der Waals surface area contributed by atoms with Gasteiger partial charge in [0.15, 0.2) is 0 Å². The number of hydrogen-bond acceptors (Lipinski definition) is 3. The first-order valence-corrected chi connectivity index (χ1v) is 8.29. The third-order valence-electron chi connectivity index (χ3n) is 4.34. The molecule has 0 bridgehead atoms. The van der Waals surface area contributed by atoms with Crippen molar-refractivity contribution in [3.63, 3.8) is 0 Å². The minimum absolute atomic E-state index is 0.162. The number of aromatic nitrogens is 2. The van der Waals surface area contributed by atoms with E-state index in [0.717, 1.165) is 54.8 Å². The molecule has 112 valence electrons. The summed E-state index contributed by atoms with van der Waals surface area (Å²) in [5.41, 5.74) is 1.83. The molecule has 1 unspecified atom stereocenters. The summed E-state index contributed by atoms with van der Waals surface area (Å²) in [4.78, 5) is 12.9. The highest BCUT2D eigenvalue weighted by molar-refractivity contribution is 9.10. The van der Waals surface area contributed by atoms with Gasteiger partial charge in [-0.1, -0.05) is 13.3 Å². The number of carbonyl (C=O) groups is 1. The van der Waals surface area contributed by atoms with Crippen LogP contribution in [0.5, 0.6) is 0 Å². The number of Topliss-reactive ketones (excluding diaryl/α,β-unsaturated/α-hetero) is 1. The van der Waals surface area contributed by atoms with E-state index in [1.54, 1.807) is 0 Å². The molecule has 1 aromatic rings. The van der Waals surface area contributed by atoms with E-state index in [-0.39, 0.29) is 5.41 Å². The number of carbonyl (C=O) groups excluding carboxylic acids is 1. The fourth-order valence-electron chi connectivity index (χ4n) is 3.19. The van der Waals surface area contributed by atoms with Crippen molar-refractivity contribution in [1.29, 1.82) is 0 Å². The first-order chi connectivity index (χ1) is 9.54. The van der Waals surface area contributed by atoms with Crippen LogP contribution in [0.1, 0.15) is 44.5 Å². The normalized spacial score (nSPS) is 22.4. The maximum atomic E-state index is 12.9. The quantitative estimate of drug-likeness (QED) is 0.865. The van der Waals surface area contributed by atoms with Crippen molar-refractivity contribution in [1.82, 2.24) is 15.1 Å². The Hall–Kier alpha value is -0.680. The van der Waals surface area contributed by atoms with Crippen LogP contribution in [0.25, 0.3) is 0 Å². The molecule has 5 heteroatoms. The van der Waals surface area contributed by atoms with Gasteiger partial charge in [0.25, 0.3) is 0 Å². The Bertz CT molecular complexity index is 490. The topological polar surface area (TPSA) is 46.9 Å². The summed E-state index contributed by atoms with van der Waals surface area (Å²) in [6.45, 7) is 8.78. The molecule has 20 heavy (non-hydrogen) atoms. The highest BCUT2D eigenvalue weighted by Gasteiger charge is 2.40. The predicted molar refractivity (Wildman–Crippen MR) is 83.9 cm³/mol. The van der Waals surface area contributed by atoms with Gasteiger partial charge in [0.05, 0.1) is 22.3 Å². The van der Waals surface area contributed by atoms with Crippen molar-refractivity contribution in [2.24, 2.45) is 5.41 Å². The van der Waals surface area contributed by atoms with Gasteiger partial charge in [0, 0.05) is 18.5 Å². The fraction of sp³-hybridized carbons (Fsp3) is 0.733. The molecule has 2 heterocycles. The van der Waals surface area contributed by atoms with Gasteiger partial charge in [0.2, 0.25) is 0 Å². The summed E-state index contributed by atoms with van der Waals surface area (Å²) in [7, 11) is 0. The van der Waals surface area contributed by atoms with E-state index in [1.807, 2.05) is 11.6 Å². The molecule has 0 aromatic carbocycles. The molecular formula is C15H24BrN3O. The highest BCUT2D eigenvalue weighted by Crippen LogP contribution is 2.34. The maximum Gasteiger partial charge on any atom is 0.146 e. The van der Waals surface area contributed by atoms with Crippen molar-refractivity contribution in [2.45, 2.75) is 53.0 Å². The summed E-state index contributed by atoms with van der Waals surface area (Å²) < 4.78 is 2.93. The number of ketones is 1. The van der Waals surface area contributed by atoms with Crippen molar-refractivity contribution in [3.8, 4) is 0 Å². The number of halogens is 1. The maximum absolute atomic E-state index is 12.9. The Labute approximate surface area is 129 Å². The number of rotatable bonds is 6. The molecule has 1 N–H and O–H groups in total. The molecule has 0 aliphatic carbocycles. The predicted octanol–water partition coefficient (Wildman–Crippen LogP) is 2.87. The molecule has 0 saturated carbocycles. The van der Waals surface area contributed by atoms with E-state index in [2.05, 4.69) is 40.2 Å². The highest BCUT2D eigenvalue weighted by atomic mass is 79.9.